The average molecular weight is 290 g/mol. The molecule has 2 atom stereocenters. The molecule has 2 aliphatic heterocycles. The van der Waals surface area contributed by atoms with Crippen LogP contribution < -0.4 is 5.73 Å². The van der Waals surface area contributed by atoms with E-state index in [0.717, 1.165) is 18.7 Å². The molecular weight excluding hydrogens is 268 g/mol. The monoisotopic (exact) mass is 290 g/mol. The Morgan fingerprint density at radius 3 is 2.64 bits per heavy atom. The van der Waals surface area contributed by atoms with Crippen LogP contribution in [0.25, 0.3) is 5.57 Å². The minimum atomic E-state index is 0.579. The van der Waals surface area contributed by atoms with Gasteiger partial charge in [0.15, 0.2) is 0 Å². The number of nitrogens with two attached hydrogens (primary N) is 1. The lowest BCUT2D eigenvalue weighted by atomic mass is 9.94. The zero-order valence-electron chi connectivity index (χ0n) is 12.8. The number of nitrogen functional groups attached to an aromatic ring is 1. The molecule has 22 heavy (non-hydrogen) atoms. The van der Waals surface area contributed by atoms with Crippen molar-refractivity contribution in [2.75, 3.05) is 5.73 Å². The highest BCUT2D eigenvalue weighted by atomic mass is 15.2. The third-order valence-corrected chi connectivity index (χ3v) is 5.01. The molecule has 0 aliphatic carbocycles. The lowest BCUT2D eigenvalue weighted by Crippen LogP contribution is -2.37. The van der Waals surface area contributed by atoms with Gasteiger partial charge < -0.3 is 5.73 Å². The Balaban J connectivity index is 1.57. The van der Waals surface area contributed by atoms with Gasteiger partial charge in [-0.1, -0.05) is 48.5 Å². The van der Waals surface area contributed by atoms with E-state index < -0.39 is 0 Å². The number of benzene rings is 2. The van der Waals surface area contributed by atoms with Gasteiger partial charge in [0.2, 0.25) is 0 Å². The van der Waals surface area contributed by atoms with Gasteiger partial charge in [0.25, 0.3) is 0 Å². The molecule has 4 rings (SSSR count). The Labute approximate surface area is 132 Å². The van der Waals surface area contributed by atoms with Crippen molar-refractivity contribution in [1.82, 2.24) is 4.90 Å². The Morgan fingerprint density at radius 2 is 1.86 bits per heavy atom. The van der Waals surface area contributed by atoms with Gasteiger partial charge in [-0.3, -0.25) is 4.90 Å². The van der Waals surface area contributed by atoms with E-state index in [9.17, 15) is 0 Å². The van der Waals surface area contributed by atoms with Gasteiger partial charge in [-0.2, -0.15) is 0 Å². The second-order valence-corrected chi connectivity index (χ2v) is 6.48. The van der Waals surface area contributed by atoms with Gasteiger partial charge in [-0.25, -0.2) is 0 Å². The van der Waals surface area contributed by atoms with Crippen LogP contribution >= 0.6 is 0 Å². The third kappa shape index (κ3) is 2.55. The highest BCUT2D eigenvalue weighted by Crippen LogP contribution is 2.39. The smallest absolute Gasteiger partial charge is 0.0320 e. The van der Waals surface area contributed by atoms with Crippen LogP contribution in [0.1, 0.15) is 30.4 Å². The Bertz CT molecular complexity index is 690. The molecule has 2 aliphatic rings. The molecule has 1 saturated heterocycles. The van der Waals surface area contributed by atoms with Gasteiger partial charge in [-0.05, 0) is 48.1 Å². The standard InChI is InChI=1S/C20H22N2/c21-18-8-4-7-16(11-18)17-12-19-9-10-20(13-17)22(19)14-15-5-2-1-3-6-15/h1-8,11-12,19-20H,9-10,13-14,21H2. The van der Waals surface area contributed by atoms with Gasteiger partial charge in [0, 0.05) is 24.3 Å². The number of hydrogen-bond donors (Lipinski definition) is 1. The largest absolute Gasteiger partial charge is 0.399 e. The molecule has 0 saturated carbocycles. The maximum Gasteiger partial charge on any atom is 0.0320 e. The van der Waals surface area contributed by atoms with Crippen LogP contribution in [-0.2, 0) is 6.54 Å². The SMILES string of the molecule is Nc1cccc(C2=CC3CCC(C2)N3Cc2ccccc2)c1. The van der Waals surface area contributed by atoms with Crippen LogP contribution in [0.2, 0.25) is 0 Å². The topological polar surface area (TPSA) is 29.3 Å². The third-order valence-electron chi connectivity index (χ3n) is 5.01. The molecule has 2 unspecified atom stereocenters. The fourth-order valence-electron chi connectivity index (χ4n) is 3.91. The van der Waals surface area contributed by atoms with E-state index in [0.29, 0.717) is 12.1 Å². The van der Waals surface area contributed by atoms with E-state index >= 15 is 0 Å². The molecule has 0 amide bonds. The van der Waals surface area contributed by atoms with E-state index in [1.54, 1.807) is 0 Å². The summed E-state index contributed by atoms with van der Waals surface area (Å²) in [6.07, 6.45) is 6.21. The molecular formula is C20H22N2. The summed E-state index contributed by atoms with van der Waals surface area (Å²) >= 11 is 0. The quantitative estimate of drug-likeness (QED) is 0.863. The maximum atomic E-state index is 5.94. The molecule has 2 N–H and O–H groups in total. The number of nitrogens with zero attached hydrogens (tertiary/aromatic N) is 1. The van der Waals surface area contributed by atoms with E-state index in [-0.39, 0.29) is 0 Å². The average Bonchev–Trinajstić information content (AvgIpc) is 2.78. The first-order valence-electron chi connectivity index (χ1n) is 8.16. The highest BCUT2D eigenvalue weighted by molar-refractivity contribution is 5.70. The molecule has 2 bridgehead atoms. The van der Waals surface area contributed by atoms with Crippen LogP contribution in [0.15, 0.2) is 60.7 Å². The molecule has 0 spiro atoms. The number of hydrogen-bond acceptors (Lipinski definition) is 2. The minimum absolute atomic E-state index is 0.579. The van der Waals surface area contributed by atoms with Crippen molar-refractivity contribution in [3.8, 4) is 0 Å². The van der Waals surface area contributed by atoms with Gasteiger partial charge in [0.05, 0.1) is 0 Å². The first kappa shape index (κ1) is 13.6. The van der Waals surface area contributed by atoms with Crippen molar-refractivity contribution >= 4 is 11.3 Å². The Hall–Kier alpha value is -2.06. The molecule has 112 valence electrons. The molecule has 1 fully saturated rings. The summed E-state index contributed by atoms with van der Waals surface area (Å²) in [5, 5.41) is 0. The Morgan fingerprint density at radius 1 is 1.00 bits per heavy atom. The van der Waals surface area contributed by atoms with Gasteiger partial charge in [0.1, 0.15) is 0 Å². The fourth-order valence-corrected chi connectivity index (χ4v) is 3.91. The molecule has 0 aromatic heterocycles. The van der Waals surface area contributed by atoms with Crippen LogP contribution in [0, 0.1) is 0 Å². The van der Waals surface area contributed by atoms with Crippen LogP contribution in [-0.4, -0.2) is 17.0 Å². The van der Waals surface area contributed by atoms with Gasteiger partial charge >= 0.3 is 0 Å². The normalized spacial score (nSPS) is 24.3. The predicted molar refractivity (Wildman–Crippen MR) is 92.2 cm³/mol. The summed E-state index contributed by atoms with van der Waals surface area (Å²) in [5.41, 5.74) is 11.0. The van der Waals surface area contributed by atoms with Crippen molar-refractivity contribution in [2.24, 2.45) is 0 Å². The second-order valence-electron chi connectivity index (χ2n) is 6.48. The van der Waals surface area contributed by atoms with Crippen LogP contribution in [0.3, 0.4) is 0 Å². The summed E-state index contributed by atoms with van der Waals surface area (Å²) in [6, 6.07) is 20.4. The molecule has 2 aromatic rings. The Kier molecular flexibility index (Phi) is 3.47. The molecule has 2 nitrogen and oxygen atoms in total. The number of rotatable bonds is 3. The van der Waals surface area contributed by atoms with E-state index in [2.05, 4.69) is 59.5 Å². The maximum absolute atomic E-state index is 5.94. The first-order valence-corrected chi connectivity index (χ1v) is 8.16. The van der Waals surface area contributed by atoms with Gasteiger partial charge in [-0.15, -0.1) is 0 Å². The van der Waals surface area contributed by atoms with E-state index in [4.69, 9.17) is 5.73 Å². The lowest BCUT2D eigenvalue weighted by Gasteiger charge is -2.34. The fraction of sp³-hybridized carbons (Fsp3) is 0.300. The van der Waals surface area contributed by atoms with Crippen molar-refractivity contribution < 1.29 is 0 Å². The predicted octanol–water partition coefficient (Wildman–Crippen LogP) is 4.09. The van der Waals surface area contributed by atoms with Crippen molar-refractivity contribution in [1.29, 1.82) is 0 Å². The molecule has 2 aromatic carbocycles. The second kappa shape index (κ2) is 5.62. The summed E-state index contributed by atoms with van der Waals surface area (Å²) in [5.74, 6) is 0. The summed E-state index contributed by atoms with van der Waals surface area (Å²) < 4.78 is 0. The summed E-state index contributed by atoms with van der Waals surface area (Å²) in [4.78, 5) is 2.67. The summed E-state index contributed by atoms with van der Waals surface area (Å²) in [6.45, 7) is 1.07. The highest BCUT2D eigenvalue weighted by Gasteiger charge is 2.36. The molecule has 0 radical (unpaired) electrons. The van der Waals surface area contributed by atoms with Crippen LogP contribution in [0.4, 0.5) is 5.69 Å². The number of anilines is 1. The van der Waals surface area contributed by atoms with Crippen molar-refractivity contribution in [3.05, 3.63) is 71.8 Å². The lowest BCUT2D eigenvalue weighted by molar-refractivity contribution is 0.203. The molecule has 2 heterocycles. The first-order chi connectivity index (χ1) is 10.8. The zero-order valence-corrected chi connectivity index (χ0v) is 12.8. The minimum Gasteiger partial charge on any atom is -0.399 e. The van der Waals surface area contributed by atoms with Crippen molar-refractivity contribution in [2.45, 2.75) is 37.9 Å². The van der Waals surface area contributed by atoms with E-state index in [1.165, 1.54) is 29.5 Å². The summed E-state index contributed by atoms with van der Waals surface area (Å²) in [7, 11) is 0. The van der Waals surface area contributed by atoms with Crippen LogP contribution in [0.5, 0.6) is 0 Å². The zero-order chi connectivity index (χ0) is 14.9. The van der Waals surface area contributed by atoms with E-state index in [1.807, 2.05) is 6.07 Å². The number of fused-ring (bicyclic) bond motifs is 2. The molecule has 2 heteroatoms. The van der Waals surface area contributed by atoms with Crippen molar-refractivity contribution in [3.63, 3.8) is 0 Å².